The Morgan fingerprint density at radius 1 is 1.16 bits per heavy atom. The van der Waals surface area contributed by atoms with Gasteiger partial charge < -0.3 is 15.7 Å². The molecule has 2 aromatic carbocycles. The summed E-state index contributed by atoms with van der Waals surface area (Å²) in [6, 6.07) is 14.9. The number of aliphatic hydroxyl groups excluding tert-OH is 1. The SMILES string of the molecule is CC(CO)(NC(=O)NC(c1ccccc1)c1ccc(F)cc1)C1CC1. The second-order valence-corrected chi connectivity index (χ2v) is 6.84. The third-order valence-electron chi connectivity index (χ3n) is 4.82. The molecule has 1 aliphatic carbocycles. The Morgan fingerprint density at radius 3 is 2.32 bits per heavy atom. The van der Waals surface area contributed by atoms with Gasteiger partial charge in [-0.25, -0.2) is 9.18 Å². The number of amides is 2. The largest absolute Gasteiger partial charge is 0.394 e. The van der Waals surface area contributed by atoms with Crippen molar-refractivity contribution in [3.05, 3.63) is 71.5 Å². The highest BCUT2D eigenvalue weighted by molar-refractivity contribution is 5.76. The summed E-state index contributed by atoms with van der Waals surface area (Å²) in [5.41, 5.74) is 1.08. The first-order valence-corrected chi connectivity index (χ1v) is 8.52. The summed E-state index contributed by atoms with van der Waals surface area (Å²) in [5, 5.41) is 15.5. The molecule has 2 atom stereocenters. The highest BCUT2D eigenvalue weighted by Crippen LogP contribution is 2.39. The minimum absolute atomic E-state index is 0.0996. The van der Waals surface area contributed by atoms with Crippen molar-refractivity contribution in [1.82, 2.24) is 10.6 Å². The Balaban J connectivity index is 1.80. The first-order valence-electron chi connectivity index (χ1n) is 8.52. The smallest absolute Gasteiger partial charge is 0.316 e. The van der Waals surface area contributed by atoms with Gasteiger partial charge >= 0.3 is 6.03 Å². The van der Waals surface area contributed by atoms with E-state index >= 15 is 0 Å². The van der Waals surface area contributed by atoms with Crippen LogP contribution in [0.1, 0.15) is 36.9 Å². The predicted molar refractivity (Wildman–Crippen MR) is 94.6 cm³/mol. The Hall–Kier alpha value is -2.40. The summed E-state index contributed by atoms with van der Waals surface area (Å²) in [5.74, 6) is -0.00847. The molecule has 3 N–H and O–H groups in total. The fourth-order valence-electron chi connectivity index (χ4n) is 3.08. The van der Waals surface area contributed by atoms with Crippen molar-refractivity contribution in [3.8, 4) is 0 Å². The highest BCUT2D eigenvalue weighted by Gasteiger charge is 2.42. The van der Waals surface area contributed by atoms with Gasteiger partial charge in [0.1, 0.15) is 5.82 Å². The van der Waals surface area contributed by atoms with Crippen LogP contribution in [0.3, 0.4) is 0 Å². The molecule has 2 unspecified atom stereocenters. The Labute approximate surface area is 147 Å². The van der Waals surface area contributed by atoms with Crippen LogP contribution in [0.15, 0.2) is 54.6 Å². The molecule has 0 spiro atoms. The van der Waals surface area contributed by atoms with Gasteiger partial charge in [0.2, 0.25) is 0 Å². The lowest BCUT2D eigenvalue weighted by Crippen LogP contribution is -2.54. The Morgan fingerprint density at radius 2 is 1.76 bits per heavy atom. The van der Waals surface area contributed by atoms with Crippen LogP contribution in [-0.4, -0.2) is 23.3 Å². The fraction of sp³-hybridized carbons (Fsp3) is 0.350. The minimum atomic E-state index is -0.617. The van der Waals surface area contributed by atoms with Crippen LogP contribution in [-0.2, 0) is 0 Å². The first-order chi connectivity index (χ1) is 12.0. The number of benzene rings is 2. The van der Waals surface area contributed by atoms with Crippen molar-refractivity contribution in [3.63, 3.8) is 0 Å². The summed E-state index contributed by atoms with van der Waals surface area (Å²) in [7, 11) is 0. The maximum Gasteiger partial charge on any atom is 0.316 e. The zero-order chi connectivity index (χ0) is 17.9. The van der Waals surface area contributed by atoms with E-state index in [1.807, 2.05) is 37.3 Å². The lowest BCUT2D eigenvalue weighted by atomic mass is 9.96. The fourth-order valence-corrected chi connectivity index (χ4v) is 3.08. The average molecular weight is 342 g/mol. The summed E-state index contributed by atoms with van der Waals surface area (Å²) in [6.07, 6.45) is 2.02. The van der Waals surface area contributed by atoms with E-state index in [2.05, 4.69) is 10.6 Å². The highest BCUT2D eigenvalue weighted by atomic mass is 19.1. The van der Waals surface area contributed by atoms with E-state index in [0.29, 0.717) is 5.92 Å². The molecule has 0 aliphatic heterocycles. The van der Waals surface area contributed by atoms with E-state index in [4.69, 9.17) is 0 Å². The van der Waals surface area contributed by atoms with E-state index in [1.54, 1.807) is 12.1 Å². The molecule has 0 radical (unpaired) electrons. The third kappa shape index (κ3) is 4.17. The van der Waals surface area contributed by atoms with Gasteiger partial charge in [0.25, 0.3) is 0 Å². The molecule has 0 bridgehead atoms. The van der Waals surface area contributed by atoms with Crippen molar-refractivity contribution in [2.24, 2.45) is 5.92 Å². The molecule has 25 heavy (non-hydrogen) atoms. The molecular formula is C20H23FN2O2. The van der Waals surface area contributed by atoms with Crippen molar-refractivity contribution < 1.29 is 14.3 Å². The van der Waals surface area contributed by atoms with Crippen molar-refractivity contribution in [1.29, 1.82) is 0 Å². The molecule has 1 saturated carbocycles. The number of hydrogen-bond donors (Lipinski definition) is 3. The summed E-state index contributed by atoms with van der Waals surface area (Å²) < 4.78 is 13.3. The second kappa shape index (κ2) is 7.23. The van der Waals surface area contributed by atoms with Gasteiger partial charge in [-0.3, -0.25) is 0 Å². The molecule has 0 aromatic heterocycles. The summed E-state index contributed by atoms with van der Waals surface area (Å²) >= 11 is 0. The number of carbonyl (C=O) groups excluding carboxylic acids is 1. The van der Waals surface area contributed by atoms with E-state index < -0.39 is 11.6 Å². The molecule has 4 nitrogen and oxygen atoms in total. The zero-order valence-corrected chi connectivity index (χ0v) is 14.2. The normalized spacial score (nSPS) is 17.4. The van der Waals surface area contributed by atoms with Crippen LogP contribution in [0.5, 0.6) is 0 Å². The van der Waals surface area contributed by atoms with E-state index in [1.165, 1.54) is 12.1 Å². The van der Waals surface area contributed by atoms with Crippen LogP contribution in [0.4, 0.5) is 9.18 Å². The number of aliphatic hydroxyl groups is 1. The van der Waals surface area contributed by atoms with Gasteiger partial charge in [-0.2, -0.15) is 0 Å². The quantitative estimate of drug-likeness (QED) is 0.754. The lowest BCUT2D eigenvalue weighted by Gasteiger charge is -2.30. The van der Waals surface area contributed by atoms with Crippen LogP contribution in [0, 0.1) is 11.7 Å². The lowest BCUT2D eigenvalue weighted by molar-refractivity contribution is 0.154. The summed E-state index contributed by atoms with van der Waals surface area (Å²) in [6.45, 7) is 1.76. The predicted octanol–water partition coefficient (Wildman–Crippen LogP) is 3.38. The molecule has 3 rings (SSSR count). The molecule has 0 saturated heterocycles. The zero-order valence-electron chi connectivity index (χ0n) is 14.2. The van der Waals surface area contributed by atoms with Gasteiger partial charge in [0.15, 0.2) is 0 Å². The molecule has 2 amide bonds. The topological polar surface area (TPSA) is 61.4 Å². The maximum atomic E-state index is 13.3. The number of halogens is 1. The minimum Gasteiger partial charge on any atom is -0.394 e. The van der Waals surface area contributed by atoms with E-state index in [9.17, 15) is 14.3 Å². The molecule has 2 aromatic rings. The number of nitrogens with one attached hydrogen (secondary N) is 2. The van der Waals surface area contributed by atoms with Crippen molar-refractivity contribution in [2.75, 3.05) is 6.61 Å². The van der Waals surface area contributed by atoms with Crippen LogP contribution < -0.4 is 10.6 Å². The van der Waals surface area contributed by atoms with Gasteiger partial charge in [-0.1, -0.05) is 42.5 Å². The number of urea groups is 1. The third-order valence-corrected chi connectivity index (χ3v) is 4.82. The Kier molecular flexibility index (Phi) is 5.04. The summed E-state index contributed by atoms with van der Waals surface area (Å²) in [4.78, 5) is 12.6. The van der Waals surface area contributed by atoms with E-state index in [-0.39, 0.29) is 18.5 Å². The molecule has 0 heterocycles. The first kappa shape index (κ1) is 17.4. The number of rotatable bonds is 6. The number of carbonyl (C=O) groups is 1. The van der Waals surface area contributed by atoms with Crippen LogP contribution in [0.2, 0.25) is 0 Å². The van der Waals surface area contributed by atoms with Crippen molar-refractivity contribution >= 4 is 6.03 Å². The van der Waals surface area contributed by atoms with Crippen molar-refractivity contribution in [2.45, 2.75) is 31.3 Å². The maximum absolute atomic E-state index is 13.3. The standard InChI is InChI=1S/C20H23FN2O2/c1-20(13-24,16-9-10-16)23-19(25)22-18(14-5-3-2-4-6-14)15-7-11-17(21)12-8-15/h2-8,11-12,16,18,24H,9-10,13H2,1H3,(H2,22,23,25). The van der Waals surface area contributed by atoms with E-state index in [0.717, 1.165) is 24.0 Å². The van der Waals surface area contributed by atoms with Gasteiger partial charge in [0.05, 0.1) is 18.2 Å². The monoisotopic (exact) mass is 342 g/mol. The van der Waals surface area contributed by atoms with Gasteiger partial charge in [-0.05, 0) is 48.9 Å². The number of hydrogen-bond acceptors (Lipinski definition) is 2. The molecule has 1 aliphatic rings. The molecule has 1 fully saturated rings. The molecular weight excluding hydrogens is 319 g/mol. The molecule has 5 heteroatoms. The van der Waals surface area contributed by atoms with Crippen LogP contribution >= 0.6 is 0 Å². The average Bonchev–Trinajstić information content (AvgIpc) is 3.47. The Bertz CT molecular complexity index is 716. The van der Waals surface area contributed by atoms with Crippen LogP contribution in [0.25, 0.3) is 0 Å². The van der Waals surface area contributed by atoms with Gasteiger partial charge in [0, 0.05) is 0 Å². The molecule has 132 valence electrons. The van der Waals surface area contributed by atoms with Gasteiger partial charge in [-0.15, -0.1) is 0 Å². The second-order valence-electron chi connectivity index (χ2n) is 6.84.